The molecule has 16 heavy (non-hydrogen) atoms. The zero-order chi connectivity index (χ0) is 12.1. The van der Waals surface area contributed by atoms with Crippen molar-refractivity contribution in [2.24, 2.45) is 5.10 Å². The minimum absolute atomic E-state index is 0.433. The summed E-state index contributed by atoms with van der Waals surface area (Å²) in [6.45, 7) is 1.34. The van der Waals surface area contributed by atoms with Crippen LogP contribution in [0, 0.1) is 0 Å². The second-order valence-corrected chi connectivity index (χ2v) is 3.86. The van der Waals surface area contributed by atoms with E-state index < -0.39 is 12.0 Å². The highest BCUT2D eigenvalue weighted by molar-refractivity contribution is 6.38. The zero-order valence-corrected chi connectivity index (χ0v) is 9.96. The molecule has 0 saturated carbocycles. The molecule has 1 amide bonds. The van der Waals surface area contributed by atoms with Gasteiger partial charge in [-0.1, -0.05) is 29.3 Å². The molecule has 0 heterocycles. The normalized spacial score (nSPS) is 12.8. The first-order chi connectivity index (χ1) is 7.52. The largest absolute Gasteiger partial charge is 0.383 e. The number of hydrogen-bond donors (Lipinski definition) is 2. The molecular weight excluding hydrogens is 251 g/mol. The van der Waals surface area contributed by atoms with E-state index in [4.69, 9.17) is 28.3 Å². The van der Waals surface area contributed by atoms with Gasteiger partial charge in [-0.3, -0.25) is 4.79 Å². The van der Waals surface area contributed by atoms with Crippen molar-refractivity contribution >= 4 is 35.3 Å². The molecule has 0 spiro atoms. The molecule has 0 aliphatic carbocycles. The highest BCUT2D eigenvalue weighted by Crippen LogP contribution is 2.21. The number of nitrogens with one attached hydrogen (secondary N) is 1. The van der Waals surface area contributed by atoms with Gasteiger partial charge in [0.1, 0.15) is 6.10 Å². The molecule has 1 aromatic carbocycles. The monoisotopic (exact) mass is 260 g/mol. The molecule has 1 aromatic rings. The summed E-state index contributed by atoms with van der Waals surface area (Å²) in [5.74, 6) is -0.598. The summed E-state index contributed by atoms with van der Waals surface area (Å²) in [7, 11) is 0. The van der Waals surface area contributed by atoms with Crippen LogP contribution in [-0.4, -0.2) is 23.3 Å². The Morgan fingerprint density at radius 2 is 2.06 bits per heavy atom. The van der Waals surface area contributed by atoms with Crippen molar-refractivity contribution in [2.45, 2.75) is 13.0 Å². The first-order valence-corrected chi connectivity index (χ1v) is 5.23. The van der Waals surface area contributed by atoms with Crippen molar-refractivity contribution in [3.8, 4) is 0 Å². The van der Waals surface area contributed by atoms with Crippen LogP contribution in [0.5, 0.6) is 0 Å². The van der Waals surface area contributed by atoms with Gasteiger partial charge in [0.15, 0.2) is 0 Å². The van der Waals surface area contributed by atoms with Crippen molar-refractivity contribution in [3.05, 3.63) is 33.8 Å². The number of aliphatic hydroxyl groups is 1. The van der Waals surface area contributed by atoms with E-state index in [1.165, 1.54) is 13.1 Å². The number of aliphatic hydroxyl groups excluding tert-OH is 1. The van der Waals surface area contributed by atoms with Crippen LogP contribution in [0.25, 0.3) is 0 Å². The number of hydrazone groups is 1. The highest BCUT2D eigenvalue weighted by Gasteiger charge is 2.06. The smallest absolute Gasteiger partial charge is 0.268 e. The lowest BCUT2D eigenvalue weighted by molar-refractivity contribution is -0.128. The van der Waals surface area contributed by atoms with Crippen LogP contribution in [-0.2, 0) is 4.79 Å². The number of rotatable bonds is 3. The Morgan fingerprint density at radius 3 is 2.56 bits per heavy atom. The lowest BCUT2D eigenvalue weighted by atomic mass is 10.2. The van der Waals surface area contributed by atoms with Crippen molar-refractivity contribution in [1.29, 1.82) is 0 Å². The standard InChI is InChI=1S/C10H10Cl2N2O2/c1-6(15)10(16)14-13-5-7-8(11)3-2-4-9(7)12/h2-6,15H,1H3,(H,14,16)/b13-5-/t6-/m1/s1. The molecule has 6 heteroatoms. The quantitative estimate of drug-likeness (QED) is 0.644. The van der Waals surface area contributed by atoms with E-state index in [9.17, 15) is 4.79 Å². The Hall–Kier alpha value is -1.10. The minimum Gasteiger partial charge on any atom is -0.383 e. The van der Waals surface area contributed by atoms with Crippen molar-refractivity contribution < 1.29 is 9.90 Å². The summed E-state index contributed by atoms with van der Waals surface area (Å²) in [6, 6.07) is 5.02. The van der Waals surface area contributed by atoms with Crippen LogP contribution in [0.2, 0.25) is 10.0 Å². The molecule has 0 aliphatic rings. The molecule has 0 fully saturated rings. The fraction of sp³-hybridized carbons (Fsp3) is 0.200. The average Bonchev–Trinajstić information content (AvgIpc) is 2.22. The van der Waals surface area contributed by atoms with Crippen LogP contribution in [0.1, 0.15) is 12.5 Å². The highest BCUT2D eigenvalue weighted by atomic mass is 35.5. The third-order valence-corrected chi connectivity index (χ3v) is 2.41. The number of nitrogens with zero attached hydrogens (tertiary/aromatic N) is 1. The molecule has 0 aliphatic heterocycles. The van der Waals surface area contributed by atoms with Gasteiger partial charge >= 0.3 is 0 Å². The summed E-state index contributed by atoms with van der Waals surface area (Å²) in [4.78, 5) is 11.0. The lowest BCUT2D eigenvalue weighted by Crippen LogP contribution is -2.28. The third kappa shape index (κ3) is 3.48. The first-order valence-electron chi connectivity index (χ1n) is 4.47. The Morgan fingerprint density at radius 1 is 1.50 bits per heavy atom. The van der Waals surface area contributed by atoms with Crippen molar-refractivity contribution in [1.82, 2.24) is 5.43 Å². The topological polar surface area (TPSA) is 61.7 Å². The van der Waals surface area contributed by atoms with E-state index in [0.29, 0.717) is 15.6 Å². The number of carbonyl (C=O) groups excluding carboxylic acids is 1. The molecule has 4 nitrogen and oxygen atoms in total. The molecule has 0 unspecified atom stereocenters. The van der Waals surface area contributed by atoms with Gasteiger partial charge in [-0.15, -0.1) is 0 Å². The summed E-state index contributed by atoms with van der Waals surface area (Å²) in [6.07, 6.45) is 0.212. The molecule has 1 rings (SSSR count). The van der Waals surface area contributed by atoms with E-state index in [0.717, 1.165) is 0 Å². The maximum absolute atomic E-state index is 11.0. The van der Waals surface area contributed by atoms with Gasteiger partial charge in [-0.25, -0.2) is 5.43 Å². The molecule has 86 valence electrons. The van der Waals surface area contributed by atoms with Gasteiger partial charge in [0, 0.05) is 5.56 Å². The second kappa shape index (κ2) is 5.84. The lowest BCUT2D eigenvalue weighted by Gasteiger charge is -2.02. The number of amides is 1. The van der Waals surface area contributed by atoms with Crippen molar-refractivity contribution in [3.63, 3.8) is 0 Å². The first kappa shape index (κ1) is 13.0. The molecule has 0 saturated heterocycles. The van der Waals surface area contributed by atoms with Crippen LogP contribution in [0.3, 0.4) is 0 Å². The Bertz CT molecular complexity index is 399. The number of hydrogen-bond acceptors (Lipinski definition) is 3. The Balaban J connectivity index is 2.74. The van der Waals surface area contributed by atoms with Crippen LogP contribution in [0.15, 0.2) is 23.3 Å². The van der Waals surface area contributed by atoms with E-state index in [1.807, 2.05) is 0 Å². The van der Waals surface area contributed by atoms with Gasteiger partial charge in [0.2, 0.25) is 0 Å². The van der Waals surface area contributed by atoms with Gasteiger partial charge in [0.25, 0.3) is 5.91 Å². The maximum Gasteiger partial charge on any atom is 0.268 e. The van der Waals surface area contributed by atoms with E-state index in [1.54, 1.807) is 18.2 Å². The van der Waals surface area contributed by atoms with Gasteiger partial charge in [-0.05, 0) is 19.1 Å². The van der Waals surface area contributed by atoms with E-state index in [2.05, 4.69) is 10.5 Å². The minimum atomic E-state index is -1.11. The predicted octanol–water partition coefficient (Wildman–Crippen LogP) is 1.82. The third-order valence-electron chi connectivity index (χ3n) is 1.75. The predicted molar refractivity (Wildman–Crippen MR) is 63.9 cm³/mol. The molecular formula is C10H10Cl2N2O2. The molecule has 0 aromatic heterocycles. The van der Waals surface area contributed by atoms with Gasteiger partial charge < -0.3 is 5.11 Å². The SMILES string of the molecule is C[C@@H](O)C(=O)N/N=C\c1c(Cl)cccc1Cl. The Kier molecular flexibility index (Phi) is 4.73. The van der Waals surface area contributed by atoms with Crippen LogP contribution in [0.4, 0.5) is 0 Å². The maximum atomic E-state index is 11.0. The summed E-state index contributed by atoms with van der Waals surface area (Å²) >= 11 is 11.7. The Labute approximate surface area is 103 Å². The fourth-order valence-corrected chi connectivity index (χ4v) is 1.38. The molecule has 1 atom stereocenters. The fourth-order valence-electron chi connectivity index (χ4n) is 0.888. The molecule has 0 bridgehead atoms. The van der Waals surface area contributed by atoms with Crippen LogP contribution >= 0.6 is 23.2 Å². The molecule has 2 N–H and O–H groups in total. The summed E-state index contributed by atoms with van der Waals surface area (Å²) in [5, 5.41) is 13.4. The van der Waals surface area contributed by atoms with Gasteiger partial charge in [-0.2, -0.15) is 5.10 Å². The average molecular weight is 261 g/mol. The summed E-state index contributed by atoms with van der Waals surface area (Å²) < 4.78 is 0. The summed E-state index contributed by atoms with van der Waals surface area (Å²) in [5.41, 5.74) is 2.66. The number of benzene rings is 1. The second-order valence-electron chi connectivity index (χ2n) is 3.05. The zero-order valence-electron chi connectivity index (χ0n) is 8.45. The van der Waals surface area contributed by atoms with Gasteiger partial charge in [0.05, 0.1) is 16.3 Å². The van der Waals surface area contributed by atoms with E-state index in [-0.39, 0.29) is 0 Å². The number of carbonyl (C=O) groups is 1. The van der Waals surface area contributed by atoms with Crippen molar-refractivity contribution in [2.75, 3.05) is 0 Å². The van der Waals surface area contributed by atoms with Crippen LogP contribution < -0.4 is 5.43 Å². The number of halogens is 2. The molecule has 0 radical (unpaired) electrons. The van der Waals surface area contributed by atoms with E-state index >= 15 is 0 Å².